The van der Waals surface area contributed by atoms with E-state index in [1.54, 1.807) is 36.7 Å². The standard InChI is InChI=1S/C21H20N6O4S2/c1-14-4-6-16(7-5-14)33(29,30)27-18-20(31-13-15-3-2-8-22-11-15)25-17(12-24-18)19(28)26-21-23-9-10-32-21/h2-8,11-12H,9-10,13H2,1H3,(H,24,27)(H,23,26,28). The number of hydrogen-bond donors (Lipinski definition) is 2. The van der Waals surface area contributed by atoms with Gasteiger partial charge in [-0.05, 0) is 25.1 Å². The number of amidine groups is 1. The van der Waals surface area contributed by atoms with E-state index in [0.717, 1.165) is 16.9 Å². The van der Waals surface area contributed by atoms with E-state index in [0.29, 0.717) is 11.7 Å². The molecule has 0 bridgehead atoms. The van der Waals surface area contributed by atoms with Crippen LogP contribution in [0, 0.1) is 6.92 Å². The minimum atomic E-state index is -3.96. The Kier molecular flexibility index (Phi) is 6.84. The fraction of sp³-hybridized carbons (Fsp3) is 0.190. The number of benzene rings is 1. The minimum Gasteiger partial charge on any atom is -0.470 e. The van der Waals surface area contributed by atoms with Crippen LogP contribution < -0.4 is 14.8 Å². The molecule has 2 N–H and O–H groups in total. The van der Waals surface area contributed by atoms with Crippen LogP contribution in [0.3, 0.4) is 0 Å². The van der Waals surface area contributed by atoms with E-state index in [4.69, 9.17) is 4.74 Å². The number of hydrogen-bond acceptors (Lipinski definition) is 9. The fourth-order valence-electron chi connectivity index (χ4n) is 2.76. The highest BCUT2D eigenvalue weighted by Gasteiger charge is 2.22. The maximum atomic E-state index is 12.8. The molecule has 1 aliphatic rings. The van der Waals surface area contributed by atoms with Crippen molar-refractivity contribution in [2.24, 2.45) is 4.99 Å². The maximum absolute atomic E-state index is 12.8. The molecule has 4 rings (SSSR count). The molecule has 0 saturated carbocycles. The Balaban J connectivity index is 1.61. The summed E-state index contributed by atoms with van der Waals surface area (Å²) >= 11 is 1.43. The lowest BCUT2D eigenvalue weighted by atomic mass is 10.2. The Bertz CT molecular complexity index is 1280. The molecule has 1 amide bonds. The predicted octanol–water partition coefficient (Wildman–Crippen LogP) is 2.39. The van der Waals surface area contributed by atoms with E-state index in [1.165, 1.54) is 30.1 Å². The molecule has 0 spiro atoms. The number of pyridine rings is 1. The molecule has 1 aliphatic heterocycles. The first-order chi connectivity index (χ1) is 15.9. The van der Waals surface area contributed by atoms with Gasteiger partial charge in [0.15, 0.2) is 10.9 Å². The summed E-state index contributed by atoms with van der Waals surface area (Å²) < 4.78 is 33.8. The van der Waals surface area contributed by atoms with Crippen LogP contribution >= 0.6 is 11.8 Å². The van der Waals surface area contributed by atoms with E-state index in [1.807, 2.05) is 6.92 Å². The van der Waals surface area contributed by atoms with E-state index in [2.05, 4.69) is 30.0 Å². The lowest BCUT2D eigenvalue weighted by molar-refractivity contribution is 0.0971. The van der Waals surface area contributed by atoms with Crippen molar-refractivity contribution in [3.05, 3.63) is 71.8 Å². The molecule has 0 aliphatic carbocycles. The monoisotopic (exact) mass is 484 g/mol. The lowest BCUT2D eigenvalue weighted by Crippen LogP contribution is -2.28. The van der Waals surface area contributed by atoms with Crippen LogP contribution in [-0.4, -0.2) is 46.7 Å². The summed E-state index contributed by atoms with van der Waals surface area (Å²) in [6, 6.07) is 9.90. The highest BCUT2D eigenvalue weighted by atomic mass is 32.2. The Morgan fingerprint density at radius 2 is 2.00 bits per heavy atom. The van der Waals surface area contributed by atoms with Gasteiger partial charge in [-0.1, -0.05) is 35.5 Å². The Morgan fingerprint density at radius 3 is 2.70 bits per heavy atom. The zero-order chi connectivity index (χ0) is 23.3. The fourth-order valence-corrected chi connectivity index (χ4v) is 4.49. The first-order valence-electron chi connectivity index (χ1n) is 9.87. The number of aryl methyl sites for hydroxylation is 1. The number of carbonyl (C=O) groups is 1. The van der Waals surface area contributed by atoms with Gasteiger partial charge < -0.3 is 4.74 Å². The van der Waals surface area contributed by atoms with Gasteiger partial charge in [0.05, 0.1) is 17.6 Å². The summed E-state index contributed by atoms with van der Waals surface area (Å²) in [7, 11) is -3.96. The molecule has 3 aromatic rings. The van der Waals surface area contributed by atoms with E-state index in [9.17, 15) is 13.2 Å². The van der Waals surface area contributed by atoms with E-state index >= 15 is 0 Å². The van der Waals surface area contributed by atoms with Crippen LogP contribution in [0.1, 0.15) is 21.6 Å². The van der Waals surface area contributed by atoms with Crippen molar-refractivity contribution in [3.63, 3.8) is 0 Å². The summed E-state index contributed by atoms with van der Waals surface area (Å²) in [4.78, 5) is 29.2. The van der Waals surface area contributed by atoms with Crippen molar-refractivity contribution < 1.29 is 17.9 Å². The quantitative estimate of drug-likeness (QED) is 0.522. The Morgan fingerprint density at radius 1 is 1.18 bits per heavy atom. The van der Waals surface area contributed by atoms with Gasteiger partial charge in [0.2, 0.25) is 5.82 Å². The minimum absolute atomic E-state index is 0.0373. The summed E-state index contributed by atoms with van der Waals surface area (Å²) in [5, 5.41) is 3.17. The van der Waals surface area contributed by atoms with Gasteiger partial charge in [0.25, 0.3) is 21.8 Å². The van der Waals surface area contributed by atoms with Gasteiger partial charge in [0, 0.05) is 23.7 Å². The zero-order valence-corrected chi connectivity index (χ0v) is 19.2. The number of carbonyl (C=O) groups excluding carboxylic acids is 1. The third-order valence-electron chi connectivity index (χ3n) is 4.44. The molecular formula is C21H20N6O4S2. The van der Waals surface area contributed by atoms with Crippen molar-refractivity contribution in [2.45, 2.75) is 18.4 Å². The number of rotatable bonds is 7. The van der Waals surface area contributed by atoms with Gasteiger partial charge >= 0.3 is 0 Å². The molecule has 10 nitrogen and oxygen atoms in total. The Hall–Kier alpha value is -3.51. The average molecular weight is 485 g/mol. The van der Waals surface area contributed by atoms with Crippen LogP contribution in [0.5, 0.6) is 5.88 Å². The van der Waals surface area contributed by atoms with Crippen molar-refractivity contribution in [2.75, 3.05) is 17.0 Å². The van der Waals surface area contributed by atoms with Crippen LogP contribution in [0.15, 0.2) is 64.9 Å². The average Bonchev–Trinajstić information content (AvgIpc) is 3.32. The zero-order valence-electron chi connectivity index (χ0n) is 17.6. The number of aliphatic imine (C=N–C) groups is 1. The first kappa shape index (κ1) is 22.7. The number of ether oxygens (including phenoxy) is 1. The smallest absolute Gasteiger partial charge is 0.277 e. The van der Waals surface area contributed by atoms with Gasteiger partial charge in [-0.2, -0.15) is 0 Å². The highest BCUT2D eigenvalue weighted by Crippen LogP contribution is 2.24. The predicted molar refractivity (Wildman–Crippen MR) is 125 cm³/mol. The second-order valence-electron chi connectivity index (χ2n) is 6.97. The third-order valence-corrected chi connectivity index (χ3v) is 6.69. The highest BCUT2D eigenvalue weighted by molar-refractivity contribution is 8.14. The largest absolute Gasteiger partial charge is 0.470 e. The van der Waals surface area contributed by atoms with Gasteiger partial charge in [-0.15, -0.1) is 0 Å². The molecule has 0 unspecified atom stereocenters. The van der Waals surface area contributed by atoms with Crippen LogP contribution in [0.4, 0.5) is 5.82 Å². The molecule has 170 valence electrons. The van der Waals surface area contributed by atoms with Gasteiger partial charge in [-0.3, -0.25) is 24.8 Å². The topological polar surface area (TPSA) is 136 Å². The van der Waals surface area contributed by atoms with Crippen LogP contribution in [0.25, 0.3) is 0 Å². The molecule has 2 aromatic heterocycles. The van der Waals surface area contributed by atoms with E-state index in [-0.39, 0.29) is 28.9 Å². The van der Waals surface area contributed by atoms with Crippen molar-refractivity contribution in [1.82, 2.24) is 20.3 Å². The number of thioether (sulfide) groups is 1. The number of amides is 1. The maximum Gasteiger partial charge on any atom is 0.277 e. The lowest BCUT2D eigenvalue weighted by Gasteiger charge is -2.13. The molecular weight excluding hydrogens is 464 g/mol. The second-order valence-corrected chi connectivity index (χ2v) is 9.73. The molecule has 0 fully saturated rings. The SMILES string of the molecule is Cc1ccc(S(=O)(=O)Nc2ncc(C(=O)NC3=NCCS3)nc2OCc2cccnc2)cc1. The first-order valence-corrected chi connectivity index (χ1v) is 12.3. The summed E-state index contributed by atoms with van der Waals surface area (Å²) in [6.07, 6.45) is 4.41. The summed E-state index contributed by atoms with van der Waals surface area (Å²) in [5.41, 5.74) is 1.62. The van der Waals surface area contributed by atoms with Gasteiger partial charge in [0.1, 0.15) is 6.61 Å². The van der Waals surface area contributed by atoms with Crippen molar-refractivity contribution >= 4 is 38.7 Å². The van der Waals surface area contributed by atoms with Crippen molar-refractivity contribution in [3.8, 4) is 5.88 Å². The molecule has 0 atom stereocenters. The van der Waals surface area contributed by atoms with E-state index < -0.39 is 15.9 Å². The molecule has 1 aromatic carbocycles. The number of nitrogens with one attached hydrogen (secondary N) is 2. The number of nitrogens with zero attached hydrogens (tertiary/aromatic N) is 4. The number of aromatic nitrogens is 3. The molecule has 12 heteroatoms. The molecule has 0 radical (unpaired) electrons. The second kappa shape index (κ2) is 9.96. The number of sulfonamides is 1. The van der Waals surface area contributed by atoms with Crippen LogP contribution in [-0.2, 0) is 16.6 Å². The third kappa shape index (κ3) is 5.84. The molecule has 33 heavy (non-hydrogen) atoms. The van der Waals surface area contributed by atoms with Crippen molar-refractivity contribution in [1.29, 1.82) is 0 Å². The summed E-state index contributed by atoms with van der Waals surface area (Å²) in [5.74, 6) is 0.00199. The van der Waals surface area contributed by atoms with Gasteiger partial charge in [-0.25, -0.2) is 18.4 Å². The number of anilines is 1. The Labute approximate surface area is 195 Å². The summed E-state index contributed by atoms with van der Waals surface area (Å²) in [6.45, 7) is 2.54. The molecule has 0 saturated heterocycles. The molecule has 3 heterocycles. The van der Waals surface area contributed by atoms with Crippen LogP contribution in [0.2, 0.25) is 0 Å². The normalized spacial score (nSPS) is 13.3.